The molecule has 0 atom stereocenters. The molecule has 0 aliphatic carbocycles. The summed E-state index contributed by atoms with van der Waals surface area (Å²) in [6.07, 6.45) is 4.03. The molecule has 2 heterocycles. The molecule has 0 saturated carbocycles. The Morgan fingerprint density at radius 3 is 2.90 bits per heavy atom. The van der Waals surface area contributed by atoms with E-state index in [-0.39, 0.29) is 5.78 Å². The molecule has 1 aliphatic heterocycles. The number of ether oxygens (including phenoxy) is 1. The Hall–Kier alpha value is -1.65. The van der Waals surface area contributed by atoms with Gasteiger partial charge in [0, 0.05) is 42.4 Å². The molecule has 0 radical (unpaired) electrons. The van der Waals surface area contributed by atoms with E-state index in [4.69, 9.17) is 4.74 Å². The van der Waals surface area contributed by atoms with Crippen molar-refractivity contribution in [2.45, 2.75) is 12.8 Å². The molecular formula is C17H22N2O2. The molecule has 2 aromatic rings. The van der Waals surface area contributed by atoms with Crippen LogP contribution in [0.1, 0.15) is 23.2 Å². The Balaban J connectivity index is 1.62. The number of aromatic amines is 1. The number of Topliss-reactive ketones (excluding diaryl/α,β-unsaturated/α-hetero) is 1. The fourth-order valence-corrected chi connectivity index (χ4v) is 3.07. The number of nitrogens with zero attached hydrogens (tertiary/aromatic N) is 1. The van der Waals surface area contributed by atoms with Crippen LogP contribution in [0.3, 0.4) is 0 Å². The molecule has 0 amide bonds. The topological polar surface area (TPSA) is 45.3 Å². The average Bonchev–Trinajstić information content (AvgIpc) is 2.92. The molecule has 1 aliphatic rings. The highest BCUT2D eigenvalue weighted by Crippen LogP contribution is 2.19. The molecule has 1 aromatic carbocycles. The summed E-state index contributed by atoms with van der Waals surface area (Å²) in [5.74, 6) is 0.835. The molecule has 1 N–H and O–H groups in total. The number of H-pyrrole nitrogens is 1. The Bertz CT molecular complexity index is 614. The van der Waals surface area contributed by atoms with Gasteiger partial charge in [-0.05, 0) is 31.9 Å². The number of fused-ring (bicyclic) bond motifs is 1. The molecule has 1 saturated heterocycles. The molecule has 3 rings (SSSR count). The van der Waals surface area contributed by atoms with Gasteiger partial charge in [0.05, 0.1) is 6.54 Å². The number of nitrogens with one attached hydrogen (secondary N) is 1. The third-order valence-corrected chi connectivity index (χ3v) is 4.21. The van der Waals surface area contributed by atoms with Crippen LogP contribution in [0.15, 0.2) is 30.5 Å². The summed E-state index contributed by atoms with van der Waals surface area (Å²) in [6, 6.07) is 7.94. The van der Waals surface area contributed by atoms with Crippen LogP contribution in [0.5, 0.6) is 0 Å². The van der Waals surface area contributed by atoms with Crippen molar-refractivity contribution in [3.63, 3.8) is 0 Å². The zero-order valence-corrected chi connectivity index (χ0v) is 12.5. The number of hydrogen-bond donors (Lipinski definition) is 1. The summed E-state index contributed by atoms with van der Waals surface area (Å²) in [7, 11) is 2.03. The number of ketones is 1. The maximum Gasteiger partial charge on any atom is 0.178 e. The van der Waals surface area contributed by atoms with Gasteiger partial charge in [-0.25, -0.2) is 0 Å². The van der Waals surface area contributed by atoms with E-state index in [0.717, 1.165) is 49.1 Å². The predicted octanol–water partition coefficient (Wildman–Crippen LogP) is 2.71. The van der Waals surface area contributed by atoms with Crippen molar-refractivity contribution in [1.82, 2.24) is 9.88 Å². The fraction of sp³-hybridized carbons (Fsp3) is 0.471. The Morgan fingerprint density at radius 1 is 1.33 bits per heavy atom. The third-order valence-electron chi connectivity index (χ3n) is 4.21. The van der Waals surface area contributed by atoms with E-state index in [2.05, 4.69) is 9.88 Å². The van der Waals surface area contributed by atoms with Crippen LogP contribution in [0.4, 0.5) is 0 Å². The average molecular weight is 286 g/mol. The van der Waals surface area contributed by atoms with E-state index in [1.807, 2.05) is 37.5 Å². The Kier molecular flexibility index (Phi) is 4.36. The highest BCUT2D eigenvalue weighted by molar-refractivity contribution is 6.08. The molecule has 0 unspecified atom stereocenters. The summed E-state index contributed by atoms with van der Waals surface area (Å²) in [6.45, 7) is 3.15. The van der Waals surface area contributed by atoms with Crippen molar-refractivity contribution in [3.8, 4) is 0 Å². The summed E-state index contributed by atoms with van der Waals surface area (Å²) in [5.41, 5.74) is 1.82. The van der Waals surface area contributed by atoms with Crippen molar-refractivity contribution in [3.05, 3.63) is 36.0 Å². The summed E-state index contributed by atoms with van der Waals surface area (Å²) < 4.78 is 5.38. The number of benzene rings is 1. The first-order valence-electron chi connectivity index (χ1n) is 7.59. The van der Waals surface area contributed by atoms with Gasteiger partial charge in [0.1, 0.15) is 0 Å². The molecular weight excluding hydrogens is 264 g/mol. The zero-order valence-electron chi connectivity index (χ0n) is 12.5. The van der Waals surface area contributed by atoms with Gasteiger partial charge in [-0.1, -0.05) is 18.2 Å². The van der Waals surface area contributed by atoms with Gasteiger partial charge >= 0.3 is 0 Å². The minimum absolute atomic E-state index is 0.182. The largest absolute Gasteiger partial charge is 0.381 e. The van der Waals surface area contributed by atoms with Crippen LogP contribution < -0.4 is 0 Å². The first-order valence-corrected chi connectivity index (χ1v) is 7.59. The molecule has 0 spiro atoms. The van der Waals surface area contributed by atoms with Crippen LogP contribution in [0.2, 0.25) is 0 Å². The zero-order chi connectivity index (χ0) is 14.7. The molecule has 0 bridgehead atoms. The molecule has 4 heteroatoms. The van der Waals surface area contributed by atoms with Crippen LogP contribution in [-0.4, -0.2) is 49.0 Å². The smallest absolute Gasteiger partial charge is 0.178 e. The quantitative estimate of drug-likeness (QED) is 0.860. The first-order chi connectivity index (χ1) is 10.2. The number of likely N-dealkylation sites (N-methyl/N-ethyl adjacent to an activating group) is 1. The molecule has 112 valence electrons. The van der Waals surface area contributed by atoms with E-state index in [1.165, 1.54) is 0 Å². The van der Waals surface area contributed by atoms with E-state index < -0.39 is 0 Å². The van der Waals surface area contributed by atoms with Crippen LogP contribution in [0.25, 0.3) is 10.9 Å². The second-order valence-electron chi connectivity index (χ2n) is 5.92. The van der Waals surface area contributed by atoms with Crippen molar-refractivity contribution in [1.29, 1.82) is 0 Å². The fourth-order valence-electron chi connectivity index (χ4n) is 3.07. The normalized spacial score (nSPS) is 16.7. The summed E-state index contributed by atoms with van der Waals surface area (Å²) in [4.78, 5) is 17.8. The maximum atomic E-state index is 12.5. The minimum atomic E-state index is 0.182. The number of hydrogen-bond acceptors (Lipinski definition) is 3. The van der Waals surface area contributed by atoms with Crippen molar-refractivity contribution >= 4 is 16.7 Å². The molecule has 21 heavy (non-hydrogen) atoms. The number of carbonyl (C=O) groups is 1. The predicted molar refractivity (Wildman–Crippen MR) is 83.7 cm³/mol. The lowest BCUT2D eigenvalue weighted by atomic mass is 9.99. The molecule has 4 nitrogen and oxygen atoms in total. The second kappa shape index (κ2) is 6.41. The van der Waals surface area contributed by atoms with Crippen molar-refractivity contribution in [2.75, 3.05) is 33.4 Å². The van der Waals surface area contributed by atoms with Gasteiger partial charge in [-0.15, -0.1) is 0 Å². The molecule has 1 aromatic heterocycles. The Morgan fingerprint density at radius 2 is 2.10 bits per heavy atom. The number of para-hydroxylation sites is 1. The Labute approximate surface area is 125 Å². The van der Waals surface area contributed by atoms with E-state index in [1.54, 1.807) is 0 Å². The highest BCUT2D eigenvalue weighted by Gasteiger charge is 2.18. The number of rotatable bonds is 5. The third kappa shape index (κ3) is 3.34. The van der Waals surface area contributed by atoms with Crippen molar-refractivity contribution < 1.29 is 9.53 Å². The van der Waals surface area contributed by atoms with Crippen LogP contribution in [0, 0.1) is 5.92 Å². The number of aromatic nitrogens is 1. The lowest BCUT2D eigenvalue weighted by molar-refractivity contribution is 0.0549. The second-order valence-corrected chi connectivity index (χ2v) is 5.92. The highest BCUT2D eigenvalue weighted by atomic mass is 16.5. The lowest BCUT2D eigenvalue weighted by Gasteiger charge is -2.26. The van der Waals surface area contributed by atoms with Crippen LogP contribution in [-0.2, 0) is 4.74 Å². The van der Waals surface area contributed by atoms with Gasteiger partial charge < -0.3 is 9.72 Å². The van der Waals surface area contributed by atoms with E-state index in [9.17, 15) is 4.79 Å². The monoisotopic (exact) mass is 286 g/mol. The van der Waals surface area contributed by atoms with E-state index >= 15 is 0 Å². The lowest BCUT2D eigenvalue weighted by Crippen LogP contribution is -2.33. The molecule has 1 fully saturated rings. The van der Waals surface area contributed by atoms with Gasteiger partial charge in [0.15, 0.2) is 5.78 Å². The van der Waals surface area contributed by atoms with Crippen molar-refractivity contribution in [2.24, 2.45) is 5.92 Å². The van der Waals surface area contributed by atoms with Gasteiger partial charge in [-0.3, -0.25) is 9.69 Å². The van der Waals surface area contributed by atoms with Gasteiger partial charge in [0.2, 0.25) is 0 Å². The van der Waals surface area contributed by atoms with Gasteiger partial charge in [0.25, 0.3) is 0 Å². The van der Waals surface area contributed by atoms with Crippen LogP contribution >= 0.6 is 0 Å². The minimum Gasteiger partial charge on any atom is -0.381 e. The van der Waals surface area contributed by atoms with E-state index in [0.29, 0.717) is 12.5 Å². The maximum absolute atomic E-state index is 12.5. The number of carbonyl (C=O) groups excluding carboxylic acids is 1. The SMILES string of the molecule is CN(CC(=O)c1c[nH]c2ccccc12)CC1CCOCC1. The first kappa shape index (κ1) is 14.3. The van der Waals surface area contributed by atoms with Gasteiger partial charge in [-0.2, -0.15) is 0 Å². The summed E-state index contributed by atoms with van der Waals surface area (Å²) >= 11 is 0. The summed E-state index contributed by atoms with van der Waals surface area (Å²) in [5, 5.41) is 1.02. The standard InChI is InChI=1S/C17H22N2O2/c1-19(11-13-6-8-21-9-7-13)12-17(20)15-10-18-16-5-3-2-4-14(15)16/h2-5,10,13,18H,6-9,11-12H2,1H3.